The zero-order valence-corrected chi connectivity index (χ0v) is 15.0. The van der Waals surface area contributed by atoms with E-state index in [1.54, 1.807) is 0 Å². The molecule has 0 aliphatic carbocycles. The van der Waals surface area contributed by atoms with Crippen LogP contribution in [0.4, 0.5) is 11.6 Å². The van der Waals surface area contributed by atoms with Gasteiger partial charge < -0.3 is 10.6 Å². The van der Waals surface area contributed by atoms with E-state index in [0.29, 0.717) is 11.2 Å². The zero-order chi connectivity index (χ0) is 15.2. The molecule has 1 aliphatic rings. The summed E-state index contributed by atoms with van der Waals surface area (Å²) in [6, 6.07) is 0. The molecule has 6 heteroatoms. The lowest BCUT2D eigenvalue weighted by atomic mass is 10.2. The van der Waals surface area contributed by atoms with Crippen LogP contribution in [0.25, 0.3) is 0 Å². The van der Waals surface area contributed by atoms with Gasteiger partial charge in [0, 0.05) is 47.1 Å². The molecule has 118 valence electrons. The van der Waals surface area contributed by atoms with E-state index < -0.39 is 0 Å². The lowest BCUT2D eigenvalue weighted by Crippen LogP contribution is -2.24. The number of rotatable bonds is 6. The number of thioether (sulfide) groups is 2. The molecule has 1 aliphatic heterocycles. The third-order valence-electron chi connectivity index (χ3n) is 3.41. The van der Waals surface area contributed by atoms with Gasteiger partial charge in [-0.15, -0.1) is 0 Å². The average molecular weight is 327 g/mol. The Hall–Kier alpha value is -0.620. The molecule has 1 fully saturated rings. The fraction of sp³-hybridized carbons (Fsp3) is 0.733. The summed E-state index contributed by atoms with van der Waals surface area (Å²) < 4.78 is 0. The maximum atomic E-state index is 4.72. The third kappa shape index (κ3) is 4.68. The summed E-state index contributed by atoms with van der Waals surface area (Å²) in [5, 5.41) is 7.58. The van der Waals surface area contributed by atoms with Crippen molar-refractivity contribution >= 4 is 35.2 Å². The molecule has 0 amide bonds. The molecule has 4 nitrogen and oxygen atoms in total. The fourth-order valence-corrected chi connectivity index (χ4v) is 4.78. The van der Waals surface area contributed by atoms with Crippen molar-refractivity contribution in [2.75, 3.05) is 41.0 Å². The minimum Gasteiger partial charge on any atom is -0.370 e. The Bertz CT molecular complexity index is 459. The van der Waals surface area contributed by atoms with Crippen molar-refractivity contribution in [3.05, 3.63) is 11.4 Å². The second-order valence-electron chi connectivity index (χ2n) is 5.54. The second-order valence-corrected chi connectivity index (χ2v) is 8.10. The van der Waals surface area contributed by atoms with Gasteiger partial charge in [0.15, 0.2) is 0 Å². The van der Waals surface area contributed by atoms with Crippen LogP contribution in [0.2, 0.25) is 0 Å². The molecule has 0 radical (unpaired) electrons. The molecule has 1 saturated heterocycles. The van der Waals surface area contributed by atoms with E-state index in [1.165, 1.54) is 17.3 Å². The van der Waals surface area contributed by atoms with Crippen LogP contribution in [0.3, 0.4) is 0 Å². The normalized spacial score (nSPS) is 18.8. The largest absolute Gasteiger partial charge is 0.370 e. The average Bonchev–Trinajstić information content (AvgIpc) is 2.49. The predicted molar refractivity (Wildman–Crippen MR) is 97.1 cm³/mol. The first-order chi connectivity index (χ1) is 10.1. The van der Waals surface area contributed by atoms with Crippen molar-refractivity contribution in [2.24, 2.45) is 0 Å². The van der Waals surface area contributed by atoms with Gasteiger partial charge in [-0.2, -0.15) is 23.5 Å². The van der Waals surface area contributed by atoms with Gasteiger partial charge in [0.05, 0.1) is 0 Å². The van der Waals surface area contributed by atoms with E-state index in [-0.39, 0.29) is 0 Å². The Kier molecular flexibility index (Phi) is 6.48. The summed E-state index contributed by atoms with van der Waals surface area (Å²) >= 11 is 4.13. The highest BCUT2D eigenvalue weighted by atomic mass is 32.2. The summed E-state index contributed by atoms with van der Waals surface area (Å²) in [5.41, 5.74) is 1.12. The van der Waals surface area contributed by atoms with Crippen LogP contribution in [-0.4, -0.2) is 45.6 Å². The smallest absolute Gasteiger partial charge is 0.135 e. The topological polar surface area (TPSA) is 49.8 Å². The van der Waals surface area contributed by atoms with Crippen LogP contribution in [-0.2, 0) is 0 Å². The number of hydrogen-bond acceptors (Lipinski definition) is 6. The van der Waals surface area contributed by atoms with Gasteiger partial charge in [0.2, 0.25) is 0 Å². The minimum absolute atomic E-state index is 0.336. The van der Waals surface area contributed by atoms with E-state index in [1.807, 2.05) is 0 Å². The highest BCUT2D eigenvalue weighted by molar-refractivity contribution is 8.06. The molecule has 2 N–H and O–H groups in total. The monoisotopic (exact) mass is 326 g/mol. The van der Waals surface area contributed by atoms with E-state index in [9.17, 15) is 0 Å². The van der Waals surface area contributed by atoms with Crippen molar-refractivity contribution in [3.63, 3.8) is 0 Å². The molecule has 0 aromatic carbocycles. The van der Waals surface area contributed by atoms with Gasteiger partial charge in [0.1, 0.15) is 17.5 Å². The number of nitrogens with one attached hydrogen (secondary N) is 2. The number of nitrogens with zero attached hydrogens (tertiary/aromatic N) is 2. The summed E-state index contributed by atoms with van der Waals surface area (Å²) in [4.78, 5) is 9.37. The Balaban J connectivity index is 2.12. The maximum absolute atomic E-state index is 4.72. The second kappa shape index (κ2) is 8.13. The molecule has 1 aromatic rings. The van der Waals surface area contributed by atoms with Gasteiger partial charge >= 0.3 is 0 Å². The standard InChI is InChI=1S/C15H26N4S2/c1-5-16-14-11(4)15(19-13(18-14)10(2)3)17-8-12-9-20-6-7-21-12/h10,12H,5-9H2,1-4H3,(H2,16,17,18,19). The SMILES string of the molecule is CCNc1nc(C(C)C)nc(NCC2CSCCS2)c1C. The van der Waals surface area contributed by atoms with Gasteiger partial charge in [-0.05, 0) is 13.8 Å². The lowest BCUT2D eigenvalue weighted by Gasteiger charge is -2.22. The van der Waals surface area contributed by atoms with Crippen molar-refractivity contribution in [1.29, 1.82) is 0 Å². The van der Waals surface area contributed by atoms with Crippen LogP contribution in [0, 0.1) is 6.92 Å². The van der Waals surface area contributed by atoms with E-state index in [2.05, 4.69) is 66.8 Å². The van der Waals surface area contributed by atoms with E-state index in [4.69, 9.17) is 4.98 Å². The van der Waals surface area contributed by atoms with Crippen molar-refractivity contribution in [3.8, 4) is 0 Å². The zero-order valence-electron chi connectivity index (χ0n) is 13.4. The molecular formula is C15H26N4S2. The highest BCUT2D eigenvalue weighted by Gasteiger charge is 2.17. The Morgan fingerprint density at radius 1 is 1.19 bits per heavy atom. The van der Waals surface area contributed by atoms with Crippen molar-refractivity contribution in [2.45, 2.75) is 38.9 Å². The predicted octanol–water partition coefficient (Wildman–Crippen LogP) is 3.60. The Labute approximate surface area is 136 Å². The van der Waals surface area contributed by atoms with Crippen LogP contribution >= 0.6 is 23.5 Å². The fourth-order valence-electron chi connectivity index (χ4n) is 2.17. The number of aromatic nitrogens is 2. The molecule has 1 atom stereocenters. The molecule has 0 bridgehead atoms. The molecule has 2 rings (SSSR count). The van der Waals surface area contributed by atoms with E-state index >= 15 is 0 Å². The van der Waals surface area contributed by atoms with Gasteiger partial charge in [-0.1, -0.05) is 13.8 Å². The van der Waals surface area contributed by atoms with Crippen molar-refractivity contribution in [1.82, 2.24) is 9.97 Å². The number of anilines is 2. The van der Waals surface area contributed by atoms with Crippen LogP contribution < -0.4 is 10.6 Å². The van der Waals surface area contributed by atoms with Gasteiger partial charge in [-0.25, -0.2) is 9.97 Å². The summed E-state index contributed by atoms with van der Waals surface area (Å²) in [5.74, 6) is 6.98. The van der Waals surface area contributed by atoms with Crippen LogP contribution in [0.5, 0.6) is 0 Å². The Morgan fingerprint density at radius 2 is 1.90 bits per heavy atom. The quantitative estimate of drug-likeness (QED) is 0.833. The first-order valence-corrected chi connectivity index (χ1v) is 9.87. The van der Waals surface area contributed by atoms with E-state index in [0.717, 1.165) is 36.1 Å². The summed E-state index contributed by atoms with van der Waals surface area (Å²) in [7, 11) is 0. The van der Waals surface area contributed by atoms with Crippen LogP contribution in [0.15, 0.2) is 0 Å². The Morgan fingerprint density at radius 3 is 2.48 bits per heavy atom. The molecule has 21 heavy (non-hydrogen) atoms. The minimum atomic E-state index is 0.336. The first-order valence-electron chi connectivity index (χ1n) is 7.67. The van der Waals surface area contributed by atoms with Gasteiger partial charge in [0.25, 0.3) is 0 Å². The first kappa shape index (κ1) is 16.7. The third-order valence-corrected chi connectivity index (χ3v) is 6.25. The van der Waals surface area contributed by atoms with Crippen molar-refractivity contribution < 1.29 is 0 Å². The summed E-state index contributed by atoms with van der Waals surface area (Å²) in [6.07, 6.45) is 0. The molecule has 2 heterocycles. The van der Waals surface area contributed by atoms with Crippen LogP contribution in [0.1, 0.15) is 38.1 Å². The summed E-state index contributed by atoms with van der Waals surface area (Å²) in [6.45, 7) is 10.3. The molecule has 1 aromatic heterocycles. The lowest BCUT2D eigenvalue weighted by molar-refractivity contribution is 0.771. The number of hydrogen-bond donors (Lipinski definition) is 2. The highest BCUT2D eigenvalue weighted by Crippen LogP contribution is 2.26. The molecule has 1 unspecified atom stereocenters. The van der Waals surface area contributed by atoms with Gasteiger partial charge in [-0.3, -0.25) is 0 Å². The molecular weight excluding hydrogens is 300 g/mol. The molecule has 0 spiro atoms. The maximum Gasteiger partial charge on any atom is 0.135 e. The molecule has 0 saturated carbocycles.